The molecular formula is C22H15ClN6O2. The molecule has 0 radical (unpaired) electrons. The lowest BCUT2D eigenvalue weighted by molar-refractivity contribution is 0.415. The molecule has 0 aliphatic carbocycles. The first kappa shape index (κ1) is 19.0. The quantitative estimate of drug-likeness (QED) is 0.458. The van der Waals surface area contributed by atoms with Gasteiger partial charge in [0.1, 0.15) is 11.4 Å². The first-order valence-corrected chi connectivity index (χ1v) is 9.73. The van der Waals surface area contributed by atoms with Crippen molar-refractivity contribution in [2.24, 2.45) is 0 Å². The molecule has 0 amide bonds. The fraction of sp³-hybridized carbons (Fsp3) is 0.0455. The van der Waals surface area contributed by atoms with Crippen LogP contribution in [-0.4, -0.2) is 31.7 Å². The molecule has 0 bridgehead atoms. The minimum Gasteiger partial charge on any atom is -0.497 e. The van der Waals surface area contributed by atoms with Crippen LogP contribution in [0.2, 0.25) is 5.02 Å². The topological polar surface area (TPSA) is 94.3 Å². The zero-order chi connectivity index (χ0) is 21.4. The third-order valence-electron chi connectivity index (χ3n) is 4.73. The van der Waals surface area contributed by atoms with Crippen LogP contribution in [0.3, 0.4) is 0 Å². The molecule has 0 aliphatic heterocycles. The molecule has 0 aliphatic rings. The second-order valence-electron chi connectivity index (χ2n) is 6.64. The van der Waals surface area contributed by atoms with Crippen molar-refractivity contribution in [2.75, 3.05) is 12.4 Å². The van der Waals surface area contributed by atoms with Crippen molar-refractivity contribution >= 4 is 39.8 Å². The van der Waals surface area contributed by atoms with Gasteiger partial charge in [0, 0.05) is 11.8 Å². The van der Waals surface area contributed by atoms with Crippen LogP contribution >= 0.6 is 11.6 Å². The van der Waals surface area contributed by atoms with E-state index in [0.29, 0.717) is 33.3 Å². The second kappa shape index (κ2) is 7.66. The monoisotopic (exact) mass is 430 g/mol. The van der Waals surface area contributed by atoms with E-state index in [-0.39, 0.29) is 5.69 Å². The lowest BCUT2D eigenvalue weighted by Gasteiger charge is -2.08. The van der Waals surface area contributed by atoms with Crippen molar-refractivity contribution in [2.45, 2.75) is 0 Å². The van der Waals surface area contributed by atoms with Gasteiger partial charge in [-0.05, 0) is 48.5 Å². The molecule has 2 aromatic carbocycles. The molecule has 3 heterocycles. The van der Waals surface area contributed by atoms with Crippen LogP contribution in [0.4, 0.5) is 11.6 Å². The summed E-state index contributed by atoms with van der Waals surface area (Å²) in [5, 5.41) is 8.85. The summed E-state index contributed by atoms with van der Waals surface area (Å²) >= 11 is 6.47. The van der Waals surface area contributed by atoms with Crippen LogP contribution in [0.25, 0.3) is 27.9 Å². The molecule has 0 spiro atoms. The number of benzene rings is 2. The summed E-state index contributed by atoms with van der Waals surface area (Å²) in [4.78, 5) is 25.5. The summed E-state index contributed by atoms with van der Waals surface area (Å²) in [5.74, 6) is 1.54. The molecule has 0 saturated heterocycles. The highest BCUT2D eigenvalue weighted by molar-refractivity contribution is 6.36. The van der Waals surface area contributed by atoms with Gasteiger partial charge in [-0.25, -0.2) is 15.0 Å². The number of halogens is 1. The minimum atomic E-state index is -0.415. The van der Waals surface area contributed by atoms with Crippen molar-refractivity contribution in [3.8, 4) is 17.1 Å². The summed E-state index contributed by atoms with van der Waals surface area (Å²) in [7, 11) is 1.61. The van der Waals surface area contributed by atoms with Gasteiger partial charge in [0.15, 0.2) is 11.5 Å². The number of hydrogen-bond acceptors (Lipinski definition) is 7. The molecule has 0 saturated carbocycles. The minimum absolute atomic E-state index is 0.265. The fourth-order valence-electron chi connectivity index (χ4n) is 3.22. The maximum absolute atomic E-state index is 12.3. The molecule has 5 rings (SSSR count). The molecule has 31 heavy (non-hydrogen) atoms. The molecule has 9 heteroatoms. The Kier molecular flexibility index (Phi) is 4.68. The Morgan fingerprint density at radius 2 is 1.84 bits per heavy atom. The second-order valence-corrected chi connectivity index (χ2v) is 7.05. The SMILES string of the molecule is COc1ccc(-c2nc3c4c(Cl)cccc4nc(Nc4ccccnc4=O)n3n2)cc1. The highest BCUT2D eigenvalue weighted by Crippen LogP contribution is 2.30. The zero-order valence-corrected chi connectivity index (χ0v) is 17.0. The van der Waals surface area contributed by atoms with Crippen molar-refractivity contribution in [1.82, 2.24) is 24.6 Å². The Bertz CT molecular complexity index is 1480. The number of fused-ring (bicyclic) bond motifs is 3. The lowest BCUT2D eigenvalue weighted by atomic mass is 10.2. The largest absolute Gasteiger partial charge is 0.497 e. The molecule has 3 aromatic heterocycles. The number of methoxy groups -OCH3 is 1. The Balaban J connectivity index is 1.75. The van der Waals surface area contributed by atoms with Crippen LogP contribution in [0, 0.1) is 0 Å². The predicted molar refractivity (Wildman–Crippen MR) is 119 cm³/mol. The van der Waals surface area contributed by atoms with Gasteiger partial charge in [-0.1, -0.05) is 23.7 Å². The molecule has 152 valence electrons. The normalized spacial score (nSPS) is 11.0. The predicted octanol–water partition coefficient (Wildman–Crippen LogP) is 4.11. The summed E-state index contributed by atoms with van der Waals surface area (Å²) in [6, 6.07) is 17.8. The Morgan fingerprint density at radius 3 is 2.65 bits per heavy atom. The number of anilines is 2. The van der Waals surface area contributed by atoms with Crippen LogP contribution in [-0.2, 0) is 0 Å². The molecule has 0 fully saturated rings. The van der Waals surface area contributed by atoms with E-state index in [0.717, 1.165) is 11.3 Å². The third-order valence-corrected chi connectivity index (χ3v) is 5.04. The highest BCUT2D eigenvalue weighted by Gasteiger charge is 2.17. The van der Waals surface area contributed by atoms with E-state index in [1.165, 1.54) is 6.20 Å². The number of hydrogen-bond donors (Lipinski definition) is 1. The summed E-state index contributed by atoms with van der Waals surface area (Å²) in [6.07, 6.45) is 1.44. The van der Waals surface area contributed by atoms with Gasteiger partial charge in [-0.2, -0.15) is 4.52 Å². The Labute approximate surface area is 181 Å². The summed E-state index contributed by atoms with van der Waals surface area (Å²) < 4.78 is 6.76. The van der Waals surface area contributed by atoms with E-state index in [1.807, 2.05) is 36.4 Å². The Hall–Kier alpha value is -4.04. The first-order chi connectivity index (χ1) is 15.1. The smallest absolute Gasteiger partial charge is 0.293 e. The van der Waals surface area contributed by atoms with Crippen LogP contribution in [0.15, 0.2) is 71.7 Å². The standard InChI is InChI=1S/C22H15ClN6O2/c1-31-14-10-8-13(9-11-14)19-27-20-18-15(23)5-4-7-16(18)25-22(29(20)28-19)26-17-6-2-3-12-24-21(17)30/h2-12H,1H3,(H,24,25,26,30). The van der Waals surface area contributed by atoms with Crippen LogP contribution < -0.4 is 15.6 Å². The number of rotatable bonds is 4. The first-order valence-electron chi connectivity index (χ1n) is 9.36. The van der Waals surface area contributed by atoms with Gasteiger partial charge in [-0.15, -0.1) is 5.10 Å². The third kappa shape index (κ3) is 3.43. The van der Waals surface area contributed by atoms with E-state index >= 15 is 0 Å². The molecular weight excluding hydrogens is 416 g/mol. The molecule has 0 atom stereocenters. The fourth-order valence-corrected chi connectivity index (χ4v) is 3.48. The molecule has 1 N–H and O–H groups in total. The van der Waals surface area contributed by atoms with E-state index in [4.69, 9.17) is 21.3 Å². The van der Waals surface area contributed by atoms with Gasteiger partial charge >= 0.3 is 0 Å². The average molecular weight is 431 g/mol. The van der Waals surface area contributed by atoms with E-state index in [9.17, 15) is 4.79 Å². The van der Waals surface area contributed by atoms with Gasteiger partial charge in [0.05, 0.1) is 23.0 Å². The maximum atomic E-state index is 12.3. The van der Waals surface area contributed by atoms with Crippen LogP contribution in [0.5, 0.6) is 5.75 Å². The number of ether oxygens (including phenoxy) is 1. The average Bonchev–Trinajstić information content (AvgIpc) is 3.13. The van der Waals surface area contributed by atoms with Gasteiger partial charge in [0.25, 0.3) is 5.56 Å². The van der Waals surface area contributed by atoms with Gasteiger partial charge < -0.3 is 10.1 Å². The summed E-state index contributed by atoms with van der Waals surface area (Å²) in [6.45, 7) is 0. The van der Waals surface area contributed by atoms with Gasteiger partial charge in [0.2, 0.25) is 5.95 Å². The lowest BCUT2D eigenvalue weighted by Crippen LogP contribution is -2.11. The van der Waals surface area contributed by atoms with Crippen LogP contribution in [0.1, 0.15) is 0 Å². The number of nitrogens with zero attached hydrogens (tertiary/aromatic N) is 5. The molecule has 0 unspecified atom stereocenters. The maximum Gasteiger partial charge on any atom is 0.293 e. The van der Waals surface area contributed by atoms with E-state index in [1.54, 1.807) is 35.9 Å². The highest BCUT2D eigenvalue weighted by atomic mass is 35.5. The zero-order valence-electron chi connectivity index (χ0n) is 16.3. The number of nitrogens with one attached hydrogen (secondary N) is 1. The van der Waals surface area contributed by atoms with Gasteiger partial charge in [-0.3, -0.25) is 4.79 Å². The number of aromatic nitrogens is 5. The van der Waals surface area contributed by atoms with Crippen molar-refractivity contribution in [3.05, 3.63) is 82.2 Å². The Morgan fingerprint density at radius 1 is 1.00 bits per heavy atom. The summed E-state index contributed by atoms with van der Waals surface area (Å²) in [5.41, 5.74) is 1.79. The van der Waals surface area contributed by atoms with Crippen molar-refractivity contribution in [1.29, 1.82) is 0 Å². The van der Waals surface area contributed by atoms with Crippen molar-refractivity contribution in [3.63, 3.8) is 0 Å². The van der Waals surface area contributed by atoms with Crippen molar-refractivity contribution < 1.29 is 4.74 Å². The molecule has 8 nitrogen and oxygen atoms in total. The molecule has 5 aromatic rings. The van der Waals surface area contributed by atoms with E-state index in [2.05, 4.69) is 20.4 Å². The van der Waals surface area contributed by atoms with E-state index < -0.39 is 5.56 Å².